The maximum Gasteiger partial charge on any atom is 0.184 e. The van der Waals surface area contributed by atoms with Crippen LogP contribution in [0.3, 0.4) is 0 Å². The predicted molar refractivity (Wildman–Crippen MR) is 59.8 cm³/mol. The summed E-state index contributed by atoms with van der Waals surface area (Å²) in [6.45, 7) is -0.926. The van der Waals surface area contributed by atoms with Crippen LogP contribution in [0.25, 0.3) is 0 Å². The number of aliphatic hydroxyl groups is 7. The Morgan fingerprint density at radius 2 is 1.63 bits per heavy atom. The Morgan fingerprint density at radius 3 is 1.89 bits per heavy atom. The van der Waals surface area contributed by atoms with Crippen LogP contribution in [0.1, 0.15) is 6.42 Å². The highest BCUT2D eigenvalue weighted by molar-refractivity contribution is 5.50. The van der Waals surface area contributed by atoms with Gasteiger partial charge in [0.1, 0.15) is 30.7 Å². The lowest BCUT2D eigenvalue weighted by molar-refractivity contribution is -0.132. The summed E-state index contributed by atoms with van der Waals surface area (Å²) in [6, 6.07) is 0. The molecule has 114 valence electrons. The van der Waals surface area contributed by atoms with Crippen molar-refractivity contribution in [1.82, 2.24) is 0 Å². The van der Waals surface area contributed by atoms with Gasteiger partial charge in [-0.15, -0.1) is 0 Å². The lowest BCUT2D eigenvalue weighted by Gasteiger charge is -2.11. The van der Waals surface area contributed by atoms with Crippen LogP contribution >= 0.6 is 0 Å². The minimum Gasteiger partial charge on any atom is -0.394 e. The van der Waals surface area contributed by atoms with Crippen molar-refractivity contribution in [1.29, 1.82) is 0 Å². The molecule has 1 aliphatic heterocycles. The first-order chi connectivity index (χ1) is 8.88. The topological polar surface area (TPSA) is 168 Å². The SMILES string of the molecule is O=CC[C@H](O)[C@H](O)CO.OC[C@H]1O[C@@H](O)[C@H](O)[C@@H]1O. The third kappa shape index (κ3) is 5.89. The summed E-state index contributed by atoms with van der Waals surface area (Å²) >= 11 is 0. The zero-order valence-corrected chi connectivity index (χ0v) is 10.1. The number of ether oxygens (including phenoxy) is 1. The van der Waals surface area contributed by atoms with E-state index in [1.54, 1.807) is 0 Å². The Bertz CT molecular complexity index is 249. The van der Waals surface area contributed by atoms with Crippen LogP contribution in [-0.4, -0.2) is 92.1 Å². The second-order valence-corrected chi connectivity index (χ2v) is 3.95. The quantitative estimate of drug-likeness (QED) is 0.247. The Hall–Kier alpha value is -0.650. The van der Waals surface area contributed by atoms with E-state index >= 15 is 0 Å². The minimum atomic E-state index is -1.38. The minimum absolute atomic E-state index is 0.137. The molecule has 9 heteroatoms. The van der Waals surface area contributed by atoms with E-state index in [1.165, 1.54) is 0 Å². The lowest BCUT2D eigenvalue weighted by Crippen LogP contribution is -2.33. The number of hydrogen-bond acceptors (Lipinski definition) is 9. The molecule has 1 rings (SSSR count). The number of hydrogen-bond donors (Lipinski definition) is 7. The highest BCUT2D eigenvalue weighted by atomic mass is 16.6. The van der Waals surface area contributed by atoms with Gasteiger partial charge in [0.25, 0.3) is 0 Å². The van der Waals surface area contributed by atoms with Gasteiger partial charge in [-0.2, -0.15) is 0 Å². The molecule has 1 saturated heterocycles. The van der Waals surface area contributed by atoms with Crippen LogP contribution in [0.15, 0.2) is 0 Å². The first-order valence-electron chi connectivity index (χ1n) is 5.60. The summed E-state index contributed by atoms with van der Waals surface area (Å²) in [4.78, 5) is 9.68. The largest absolute Gasteiger partial charge is 0.394 e. The molecule has 9 nitrogen and oxygen atoms in total. The smallest absolute Gasteiger partial charge is 0.184 e. The molecular formula is C10H20O9. The van der Waals surface area contributed by atoms with Crippen molar-refractivity contribution >= 4 is 6.29 Å². The first kappa shape index (κ1) is 18.4. The van der Waals surface area contributed by atoms with Gasteiger partial charge in [-0.05, 0) is 0 Å². The summed E-state index contributed by atoms with van der Waals surface area (Å²) in [6.07, 6.45) is -6.73. The van der Waals surface area contributed by atoms with Gasteiger partial charge >= 0.3 is 0 Å². The summed E-state index contributed by atoms with van der Waals surface area (Å²) < 4.78 is 4.54. The molecule has 1 fully saturated rings. The van der Waals surface area contributed by atoms with Crippen LogP contribution in [0.4, 0.5) is 0 Å². The second kappa shape index (κ2) is 9.28. The molecule has 1 aliphatic rings. The van der Waals surface area contributed by atoms with Crippen LogP contribution in [0.5, 0.6) is 0 Å². The molecule has 19 heavy (non-hydrogen) atoms. The molecular weight excluding hydrogens is 264 g/mol. The molecule has 0 amide bonds. The summed E-state index contributed by atoms with van der Waals surface area (Å²) in [5.74, 6) is 0. The van der Waals surface area contributed by atoms with E-state index in [4.69, 9.17) is 35.7 Å². The van der Waals surface area contributed by atoms with Gasteiger partial charge in [-0.3, -0.25) is 0 Å². The molecule has 0 unspecified atom stereocenters. The second-order valence-electron chi connectivity index (χ2n) is 3.95. The third-order valence-corrected chi connectivity index (χ3v) is 2.49. The molecule has 1 heterocycles. The van der Waals surface area contributed by atoms with Crippen LogP contribution in [-0.2, 0) is 9.53 Å². The van der Waals surface area contributed by atoms with Gasteiger partial charge in [0, 0.05) is 6.42 Å². The van der Waals surface area contributed by atoms with E-state index in [0.29, 0.717) is 6.29 Å². The number of aliphatic hydroxyl groups excluding tert-OH is 7. The van der Waals surface area contributed by atoms with E-state index in [0.717, 1.165) is 0 Å². The fraction of sp³-hybridized carbons (Fsp3) is 0.900. The van der Waals surface area contributed by atoms with Gasteiger partial charge < -0.3 is 45.3 Å². The molecule has 7 N–H and O–H groups in total. The normalized spacial score (nSPS) is 33.2. The van der Waals surface area contributed by atoms with Crippen molar-refractivity contribution in [3.63, 3.8) is 0 Å². The number of rotatable bonds is 5. The van der Waals surface area contributed by atoms with Crippen molar-refractivity contribution in [2.45, 2.75) is 43.2 Å². The van der Waals surface area contributed by atoms with E-state index in [1.807, 2.05) is 0 Å². The van der Waals surface area contributed by atoms with E-state index in [2.05, 4.69) is 4.74 Å². The van der Waals surface area contributed by atoms with Gasteiger partial charge in [-0.25, -0.2) is 0 Å². The average Bonchev–Trinajstić information content (AvgIpc) is 2.66. The van der Waals surface area contributed by atoms with Crippen LogP contribution in [0.2, 0.25) is 0 Å². The molecule has 0 aromatic heterocycles. The van der Waals surface area contributed by atoms with Gasteiger partial charge in [0.2, 0.25) is 0 Å². The van der Waals surface area contributed by atoms with Crippen molar-refractivity contribution in [3.8, 4) is 0 Å². The van der Waals surface area contributed by atoms with Gasteiger partial charge in [0.15, 0.2) is 6.29 Å². The van der Waals surface area contributed by atoms with Crippen molar-refractivity contribution in [2.75, 3.05) is 13.2 Å². The number of carbonyl (C=O) groups is 1. The van der Waals surface area contributed by atoms with E-state index < -0.39 is 50.0 Å². The Balaban J connectivity index is 0.000000344. The molecule has 0 aromatic carbocycles. The number of aldehydes is 1. The standard InChI is InChI=1S/C5H10O5.C5H10O4/c6-1-2-3(7)4(8)5(9)10-2;6-2-1-4(8)5(9)3-7/h2-9H,1H2;2,4-5,7-9H,1,3H2/t2-,3-,4-,5-;4-,5+/m10/s1. The lowest BCUT2D eigenvalue weighted by atomic mass is 10.1. The van der Waals surface area contributed by atoms with Crippen molar-refractivity contribution in [2.24, 2.45) is 0 Å². The molecule has 0 spiro atoms. The summed E-state index contributed by atoms with van der Waals surface area (Å²) in [5.41, 5.74) is 0. The molecule has 0 aromatic rings. The van der Waals surface area contributed by atoms with Crippen LogP contribution < -0.4 is 0 Å². The maximum absolute atomic E-state index is 9.68. The Morgan fingerprint density at radius 1 is 1.05 bits per heavy atom. The predicted octanol–water partition coefficient (Wildman–Crippen LogP) is -4.29. The highest BCUT2D eigenvalue weighted by Gasteiger charge is 2.41. The zero-order chi connectivity index (χ0) is 15.0. The molecule has 0 radical (unpaired) electrons. The summed E-state index contributed by atoms with van der Waals surface area (Å²) in [5, 5.41) is 60.4. The first-order valence-corrected chi connectivity index (χ1v) is 5.60. The number of carbonyl (C=O) groups excluding carboxylic acids is 1. The fourth-order valence-corrected chi connectivity index (χ4v) is 1.26. The van der Waals surface area contributed by atoms with Crippen LogP contribution in [0, 0.1) is 0 Å². The average molecular weight is 284 g/mol. The zero-order valence-electron chi connectivity index (χ0n) is 10.1. The fourth-order valence-electron chi connectivity index (χ4n) is 1.26. The highest BCUT2D eigenvalue weighted by Crippen LogP contribution is 2.18. The Labute approximate surface area is 109 Å². The van der Waals surface area contributed by atoms with E-state index in [-0.39, 0.29) is 6.42 Å². The van der Waals surface area contributed by atoms with Gasteiger partial charge in [-0.1, -0.05) is 0 Å². The van der Waals surface area contributed by atoms with Crippen molar-refractivity contribution in [3.05, 3.63) is 0 Å². The monoisotopic (exact) mass is 284 g/mol. The third-order valence-electron chi connectivity index (χ3n) is 2.49. The molecule has 0 bridgehead atoms. The van der Waals surface area contributed by atoms with Gasteiger partial charge in [0.05, 0.1) is 19.3 Å². The molecule has 0 aliphatic carbocycles. The maximum atomic E-state index is 9.68. The summed E-state index contributed by atoms with van der Waals surface area (Å²) in [7, 11) is 0. The Kier molecular flexibility index (Phi) is 8.97. The molecule has 6 atom stereocenters. The molecule has 0 saturated carbocycles. The van der Waals surface area contributed by atoms with Crippen molar-refractivity contribution < 1.29 is 45.3 Å². The van der Waals surface area contributed by atoms with E-state index in [9.17, 15) is 4.79 Å².